The summed E-state index contributed by atoms with van der Waals surface area (Å²) in [5.74, 6) is 0.399. The Morgan fingerprint density at radius 2 is 2.39 bits per heavy atom. The molecule has 4 nitrogen and oxygen atoms in total. The smallest absolute Gasteiger partial charge is 0.0572 e. The van der Waals surface area contributed by atoms with E-state index in [9.17, 15) is 5.11 Å². The van der Waals surface area contributed by atoms with Crippen molar-refractivity contribution in [3.05, 3.63) is 24.0 Å². The number of nitrogens with two attached hydrogens (primary N) is 1. The second-order valence-electron chi connectivity index (χ2n) is 5.09. The second kappa shape index (κ2) is 6.16. The highest BCUT2D eigenvalue weighted by molar-refractivity contribution is 5.45. The van der Waals surface area contributed by atoms with Crippen LogP contribution >= 0.6 is 0 Å². The molecule has 1 aromatic rings. The molecule has 3 N–H and O–H groups in total. The highest BCUT2D eigenvalue weighted by atomic mass is 16.3. The van der Waals surface area contributed by atoms with Crippen molar-refractivity contribution in [2.45, 2.75) is 32.2 Å². The van der Waals surface area contributed by atoms with Crippen LogP contribution in [0.5, 0.6) is 0 Å². The van der Waals surface area contributed by atoms with Gasteiger partial charge in [0.1, 0.15) is 0 Å². The molecule has 2 unspecified atom stereocenters. The Hall–Kier alpha value is -1.13. The van der Waals surface area contributed by atoms with Crippen molar-refractivity contribution < 1.29 is 5.11 Å². The summed E-state index contributed by atoms with van der Waals surface area (Å²) in [6.07, 6.45) is 5.08. The summed E-state index contributed by atoms with van der Waals surface area (Å²) in [4.78, 5) is 6.75. The summed E-state index contributed by atoms with van der Waals surface area (Å²) in [6.45, 7) is 4.33. The predicted octanol–water partition coefficient (Wildman–Crippen LogP) is 1.70. The molecule has 0 saturated carbocycles. The lowest BCUT2D eigenvalue weighted by Gasteiger charge is -2.33. The van der Waals surface area contributed by atoms with Crippen molar-refractivity contribution >= 4 is 5.69 Å². The Labute approximate surface area is 109 Å². The molecule has 1 fully saturated rings. The molecule has 1 aromatic heterocycles. The van der Waals surface area contributed by atoms with Gasteiger partial charge >= 0.3 is 0 Å². The summed E-state index contributed by atoms with van der Waals surface area (Å²) in [5.41, 5.74) is 8.05. The van der Waals surface area contributed by atoms with E-state index in [-0.39, 0.29) is 12.6 Å². The van der Waals surface area contributed by atoms with Crippen LogP contribution in [-0.4, -0.2) is 29.8 Å². The zero-order valence-corrected chi connectivity index (χ0v) is 11.0. The molecule has 0 aromatic carbocycles. The van der Waals surface area contributed by atoms with Crippen LogP contribution in [0.3, 0.4) is 0 Å². The van der Waals surface area contributed by atoms with E-state index in [4.69, 9.17) is 5.73 Å². The van der Waals surface area contributed by atoms with Crippen LogP contribution in [0.1, 0.15) is 37.9 Å². The quantitative estimate of drug-likeness (QED) is 0.852. The molecule has 0 aliphatic carbocycles. The van der Waals surface area contributed by atoms with Crippen molar-refractivity contribution in [1.29, 1.82) is 0 Å². The van der Waals surface area contributed by atoms with Gasteiger partial charge in [-0.05, 0) is 37.3 Å². The first-order valence-electron chi connectivity index (χ1n) is 6.82. The van der Waals surface area contributed by atoms with Gasteiger partial charge in [-0.15, -0.1) is 0 Å². The Morgan fingerprint density at radius 1 is 1.56 bits per heavy atom. The normalized spacial score (nSPS) is 21.9. The van der Waals surface area contributed by atoms with E-state index in [0.717, 1.165) is 43.7 Å². The number of anilines is 1. The molecular weight excluding hydrogens is 226 g/mol. The van der Waals surface area contributed by atoms with E-state index in [0.29, 0.717) is 5.92 Å². The molecule has 4 heteroatoms. The molecular formula is C14H23N3O. The fourth-order valence-electron chi connectivity index (χ4n) is 2.46. The summed E-state index contributed by atoms with van der Waals surface area (Å²) in [5, 5.41) is 9.25. The number of pyridine rings is 1. The molecule has 0 radical (unpaired) electrons. The summed E-state index contributed by atoms with van der Waals surface area (Å²) in [6, 6.07) is 4.15. The van der Waals surface area contributed by atoms with Crippen LogP contribution in [0, 0.1) is 5.92 Å². The topological polar surface area (TPSA) is 62.4 Å². The molecule has 0 spiro atoms. The van der Waals surface area contributed by atoms with Gasteiger partial charge in [-0.3, -0.25) is 4.98 Å². The minimum Gasteiger partial charge on any atom is -0.396 e. The lowest BCUT2D eigenvalue weighted by molar-refractivity contribution is 0.208. The number of hydrogen-bond acceptors (Lipinski definition) is 4. The van der Waals surface area contributed by atoms with Crippen molar-refractivity contribution in [2.24, 2.45) is 11.7 Å². The van der Waals surface area contributed by atoms with Crippen molar-refractivity contribution in [1.82, 2.24) is 4.98 Å². The van der Waals surface area contributed by atoms with Gasteiger partial charge in [-0.2, -0.15) is 0 Å². The second-order valence-corrected chi connectivity index (χ2v) is 5.09. The van der Waals surface area contributed by atoms with E-state index in [1.807, 2.05) is 12.3 Å². The molecule has 2 rings (SSSR count). The Balaban J connectivity index is 2.04. The third-order valence-corrected chi connectivity index (χ3v) is 3.73. The van der Waals surface area contributed by atoms with Crippen LogP contribution in [0.25, 0.3) is 0 Å². The Morgan fingerprint density at radius 3 is 3.00 bits per heavy atom. The lowest BCUT2D eigenvalue weighted by Crippen LogP contribution is -2.36. The fourth-order valence-corrected chi connectivity index (χ4v) is 2.46. The molecule has 18 heavy (non-hydrogen) atoms. The van der Waals surface area contributed by atoms with Gasteiger partial charge in [-0.25, -0.2) is 0 Å². The lowest BCUT2D eigenvalue weighted by atomic mass is 9.98. The van der Waals surface area contributed by atoms with Crippen LogP contribution in [0.15, 0.2) is 18.3 Å². The monoisotopic (exact) mass is 249 g/mol. The molecule has 2 atom stereocenters. The third-order valence-electron chi connectivity index (χ3n) is 3.73. The van der Waals surface area contributed by atoms with Crippen LogP contribution < -0.4 is 10.6 Å². The van der Waals surface area contributed by atoms with E-state index in [1.54, 1.807) is 0 Å². The van der Waals surface area contributed by atoms with Gasteiger partial charge in [0.25, 0.3) is 0 Å². The largest absolute Gasteiger partial charge is 0.396 e. The zero-order chi connectivity index (χ0) is 13.0. The molecule has 0 bridgehead atoms. The van der Waals surface area contributed by atoms with Gasteiger partial charge in [0.05, 0.1) is 17.6 Å². The van der Waals surface area contributed by atoms with Crippen LogP contribution in [-0.2, 0) is 0 Å². The predicted molar refractivity (Wildman–Crippen MR) is 73.5 cm³/mol. The number of piperidine rings is 1. The van der Waals surface area contributed by atoms with Crippen molar-refractivity contribution in [3.63, 3.8) is 0 Å². The number of aromatic nitrogens is 1. The first-order valence-corrected chi connectivity index (χ1v) is 6.82. The highest BCUT2D eigenvalue weighted by Gasteiger charge is 2.19. The maximum Gasteiger partial charge on any atom is 0.0572 e. The number of aliphatic hydroxyl groups is 1. The number of nitrogens with zero attached hydrogens (tertiary/aromatic N) is 2. The van der Waals surface area contributed by atoms with Crippen molar-refractivity contribution in [3.8, 4) is 0 Å². The summed E-state index contributed by atoms with van der Waals surface area (Å²) in [7, 11) is 0. The average molecular weight is 249 g/mol. The number of hydrogen-bond donors (Lipinski definition) is 2. The fraction of sp³-hybridized carbons (Fsp3) is 0.643. The average Bonchev–Trinajstić information content (AvgIpc) is 2.46. The molecule has 1 aliphatic heterocycles. The first-order chi connectivity index (χ1) is 8.74. The molecule has 2 heterocycles. The van der Waals surface area contributed by atoms with E-state index >= 15 is 0 Å². The molecule has 1 aliphatic rings. The van der Waals surface area contributed by atoms with Gasteiger partial charge < -0.3 is 15.7 Å². The SMILES string of the molecule is CCC(N)c1ccc(N2CCCC(CO)C2)cn1. The van der Waals surface area contributed by atoms with Crippen LogP contribution in [0.2, 0.25) is 0 Å². The number of rotatable bonds is 4. The minimum atomic E-state index is 0.0330. The first kappa shape index (κ1) is 13.3. The van der Waals surface area contributed by atoms with Gasteiger partial charge in [0.15, 0.2) is 0 Å². The molecule has 0 amide bonds. The van der Waals surface area contributed by atoms with E-state index in [1.165, 1.54) is 0 Å². The minimum absolute atomic E-state index is 0.0330. The summed E-state index contributed by atoms with van der Waals surface area (Å²) < 4.78 is 0. The maximum absolute atomic E-state index is 9.25. The zero-order valence-electron chi connectivity index (χ0n) is 11.0. The number of aliphatic hydroxyl groups excluding tert-OH is 1. The highest BCUT2D eigenvalue weighted by Crippen LogP contribution is 2.23. The van der Waals surface area contributed by atoms with E-state index < -0.39 is 0 Å². The maximum atomic E-state index is 9.25. The standard InChI is InChI=1S/C14H23N3O/c1-2-13(15)14-6-5-12(8-16-14)17-7-3-4-11(9-17)10-18/h5-6,8,11,13,18H,2-4,7,9-10,15H2,1H3. The van der Waals surface area contributed by atoms with Crippen molar-refractivity contribution in [2.75, 3.05) is 24.6 Å². The van der Waals surface area contributed by atoms with E-state index in [2.05, 4.69) is 22.9 Å². The van der Waals surface area contributed by atoms with Crippen LogP contribution in [0.4, 0.5) is 5.69 Å². The summed E-state index contributed by atoms with van der Waals surface area (Å²) >= 11 is 0. The van der Waals surface area contributed by atoms with Gasteiger partial charge in [0.2, 0.25) is 0 Å². The Kier molecular flexibility index (Phi) is 4.55. The Bertz CT molecular complexity index is 366. The molecule has 1 saturated heterocycles. The van der Waals surface area contributed by atoms with Gasteiger partial charge in [0, 0.05) is 25.7 Å². The van der Waals surface area contributed by atoms with Gasteiger partial charge in [-0.1, -0.05) is 6.92 Å². The third kappa shape index (κ3) is 3.00. The molecule has 100 valence electrons.